The lowest BCUT2D eigenvalue weighted by Gasteiger charge is -2.44. The Balaban J connectivity index is 1.61. The molecule has 1 aromatic carbocycles. The van der Waals surface area contributed by atoms with Crippen molar-refractivity contribution in [3.05, 3.63) is 83.7 Å². The van der Waals surface area contributed by atoms with Crippen LogP contribution in [0.4, 0.5) is 0 Å². The summed E-state index contributed by atoms with van der Waals surface area (Å²) in [6.45, 7) is 2.39. The maximum atomic E-state index is 13.0. The Morgan fingerprint density at radius 1 is 1.00 bits per heavy atom. The smallest absolute Gasteiger partial charge is 0.374 e. The van der Waals surface area contributed by atoms with Crippen LogP contribution < -0.4 is 0 Å². The Morgan fingerprint density at radius 3 is 2.33 bits per heavy atom. The van der Waals surface area contributed by atoms with Gasteiger partial charge in [0, 0.05) is 6.54 Å². The van der Waals surface area contributed by atoms with E-state index in [-0.39, 0.29) is 24.0 Å². The highest BCUT2D eigenvalue weighted by Gasteiger charge is 2.42. The molecule has 138 valence electrons. The van der Waals surface area contributed by atoms with E-state index < -0.39 is 11.5 Å². The van der Waals surface area contributed by atoms with Crippen LogP contribution in [0.5, 0.6) is 0 Å². The van der Waals surface area contributed by atoms with Gasteiger partial charge in [0.1, 0.15) is 6.61 Å². The van der Waals surface area contributed by atoms with Crippen LogP contribution in [-0.2, 0) is 17.7 Å². The minimum Gasteiger partial charge on any atom is -0.459 e. The third-order valence-electron chi connectivity index (χ3n) is 4.88. The number of ether oxygens (including phenoxy) is 1. The average Bonchev–Trinajstić information content (AvgIpc) is 3.39. The highest BCUT2D eigenvalue weighted by atomic mass is 16.5. The standard InChI is InChI=1S/C21H19NO5/c1-21(14-27-20(24)18-9-5-11-26-18)12-15-6-2-3-7-16(15)13-22(21)19(23)17-8-4-10-25-17/h2-11H,12-14H2,1H3. The normalized spacial score (nSPS) is 18.8. The van der Waals surface area contributed by atoms with E-state index in [4.69, 9.17) is 13.6 Å². The monoisotopic (exact) mass is 365 g/mol. The summed E-state index contributed by atoms with van der Waals surface area (Å²) in [5, 5.41) is 0. The van der Waals surface area contributed by atoms with Crippen LogP contribution in [0.15, 0.2) is 69.9 Å². The summed E-state index contributed by atoms with van der Waals surface area (Å²) in [5.74, 6) is -0.381. The topological polar surface area (TPSA) is 72.9 Å². The first kappa shape index (κ1) is 17.1. The minimum absolute atomic E-state index is 0.0489. The molecule has 0 saturated heterocycles. The minimum atomic E-state index is -0.708. The van der Waals surface area contributed by atoms with Crippen LogP contribution in [0.1, 0.15) is 39.2 Å². The Hall–Kier alpha value is -3.28. The Labute approximate surface area is 156 Å². The summed E-state index contributed by atoms with van der Waals surface area (Å²) in [4.78, 5) is 26.9. The molecular formula is C21H19NO5. The maximum absolute atomic E-state index is 13.0. The van der Waals surface area contributed by atoms with E-state index in [1.54, 1.807) is 29.2 Å². The van der Waals surface area contributed by atoms with Gasteiger partial charge in [0.2, 0.25) is 5.76 Å². The molecule has 0 saturated carbocycles. The highest BCUT2D eigenvalue weighted by molar-refractivity contribution is 5.92. The molecule has 27 heavy (non-hydrogen) atoms. The number of carbonyl (C=O) groups is 2. The number of rotatable bonds is 4. The summed E-state index contributed by atoms with van der Waals surface area (Å²) in [7, 11) is 0. The van der Waals surface area contributed by atoms with E-state index in [1.807, 2.05) is 31.2 Å². The average molecular weight is 365 g/mol. The summed E-state index contributed by atoms with van der Waals surface area (Å²) in [6.07, 6.45) is 3.46. The Bertz CT molecular complexity index is 945. The van der Waals surface area contributed by atoms with E-state index in [0.717, 1.165) is 11.1 Å². The number of benzene rings is 1. The summed E-state index contributed by atoms with van der Waals surface area (Å²) < 4.78 is 15.9. The first-order valence-electron chi connectivity index (χ1n) is 8.70. The highest BCUT2D eigenvalue weighted by Crippen LogP contribution is 2.33. The molecule has 1 aliphatic rings. The maximum Gasteiger partial charge on any atom is 0.374 e. The second-order valence-corrected chi connectivity index (χ2v) is 6.86. The van der Waals surface area contributed by atoms with Crippen molar-refractivity contribution in [1.29, 1.82) is 0 Å². The van der Waals surface area contributed by atoms with E-state index in [0.29, 0.717) is 13.0 Å². The molecule has 6 heteroatoms. The van der Waals surface area contributed by atoms with Crippen molar-refractivity contribution in [3.8, 4) is 0 Å². The molecule has 0 radical (unpaired) electrons. The SMILES string of the molecule is CC1(COC(=O)c2ccco2)Cc2ccccc2CN1C(=O)c1ccco1. The van der Waals surface area contributed by atoms with Crippen molar-refractivity contribution in [2.45, 2.75) is 25.4 Å². The van der Waals surface area contributed by atoms with E-state index in [9.17, 15) is 9.59 Å². The lowest BCUT2D eigenvalue weighted by Crippen LogP contribution is -2.56. The molecule has 0 N–H and O–H groups in total. The van der Waals surface area contributed by atoms with Crippen molar-refractivity contribution in [2.75, 3.05) is 6.61 Å². The lowest BCUT2D eigenvalue weighted by atomic mass is 9.84. The molecule has 6 nitrogen and oxygen atoms in total. The molecule has 0 fully saturated rings. The number of nitrogens with zero attached hydrogens (tertiary/aromatic N) is 1. The summed E-state index contributed by atoms with van der Waals surface area (Å²) in [6, 6.07) is 14.5. The van der Waals surface area contributed by atoms with Gasteiger partial charge in [0.15, 0.2) is 5.76 Å². The molecule has 0 aliphatic carbocycles. The predicted molar refractivity (Wildman–Crippen MR) is 96.1 cm³/mol. The fraction of sp³-hybridized carbons (Fsp3) is 0.238. The van der Waals surface area contributed by atoms with Crippen LogP contribution in [0.25, 0.3) is 0 Å². The number of carbonyl (C=O) groups excluding carboxylic acids is 2. The molecule has 3 aromatic rings. The predicted octanol–water partition coefficient (Wildman–Crippen LogP) is 3.69. The number of fused-ring (bicyclic) bond motifs is 1. The van der Waals surface area contributed by atoms with Gasteiger partial charge in [0.05, 0.1) is 18.1 Å². The van der Waals surface area contributed by atoms with Crippen molar-refractivity contribution >= 4 is 11.9 Å². The first-order chi connectivity index (χ1) is 13.1. The number of furan rings is 2. The van der Waals surface area contributed by atoms with E-state index in [2.05, 4.69) is 0 Å². The zero-order valence-corrected chi connectivity index (χ0v) is 14.9. The first-order valence-corrected chi connectivity index (χ1v) is 8.70. The van der Waals surface area contributed by atoms with Crippen LogP contribution in [-0.4, -0.2) is 28.9 Å². The van der Waals surface area contributed by atoms with Crippen LogP contribution in [0.2, 0.25) is 0 Å². The van der Waals surface area contributed by atoms with E-state index >= 15 is 0 Å². The van der Waals surface area contributed by atoms with Crippen LogP contribution in [0, 0.1) is 0 Å². The van der Waals surface area contributed by atoms with Gasteiger partial charge in [0.25, 0.3) is 5.91 Å². The molecule has 1 amide bonds. The van der Waals surface area contributed by atoms with E-state index in [1.165, 1.54) is 12.5 Å². The number of esters is 1. The largest absolute Gasteiger partial charge is 0.459 e. The van der Waals surface area contributed by atoms with Crippen molar-refractivity contribution in [3.63, 3.8) is 0 Å². The molecule has 1 unspecified atom stereocenters. The van der Waals surface area contributed by atoms with Gasteiger partial charge in [-0.15, -0.1) is 0 Å². The molecular weight excluding hydrogens is 346 g/mol. The third-order valence-corrected chi connectivity index (χ3v) is 4.88. The van der Waals surface area contributed by atoms with Crippen molar-refractivity contribution in [1.82, 2.24) is 4.90 Å². The molecule has 2 aromatic heterocycles. The molecule has 0 bridgehead atoms. The van der Waals surface area contributed by atoms with Gasteiger partial charge in [-0.05, 0) is 48.7 Å². The third kappa shape index (κ3) is 3.26. The Morgan fingerprint density at radius 2 is 1.67 bits per heavy atom. The lowest BCUT2D eigenvalue weighted by molar-refractivity contribution is -0.00192. The quantitative estimate of drug-likeness (QED) is 0.660. The number of hydrogen-bond donors (Lipinski definition) is 0. The molecule has 3 heterocycles. The molecule has 0 spiro atoms. The number of amides is 1. The fourth-order valence-corrected chi connectivity index (χ4v) is 3.42. The van der Waals surface area contributed by atoms with Gasteiger partial charge in [-0.25, -0.2) is 4.79 Å². The van der Waals surface area contributed by atoms with Crippen LogP contribution >= 0.6 is 0 Å². The van der Waals surface area contributed by atoms with Crippen molar-refractivity contribution in [2.24, 2.45) is 0 Å². The second-order valence-electron chi connectivity index (χ2n) is 6.86. The zero-order valence-electron chi connectivity index (χ0n) is 14.9. The molecule has 1 aliphatic heterocycles. The van der Waals surface area contributed by atoms with Gasteiger partial charge in [-0.3, -0.25) is 4.79 Å². The summed E-state index contributed by atoms with van der Waals surface area (Å²) >= 11 is 0. The molecule has 1 atom stereocenters. The van der Waals surface area contributed by atoms with Gasteiger partial charge in [-0.2, -0.15) is 0 Å². The van der Waals surface area contributed by atoms with Crippen molar-refractivity contribution < 1.29 is 23.2 Å². The van der Waals surface area contributed by atoms with Crippen LogP contribution in [0.3, 0.4) is 0 Å². The fourth-order valence-electron chi connectivity index (χ4n) is 3.42. The summed E-state index contributed by atoms with van der Waals surface area (Å²) in [5.41, 5.74) is 1.50. The zero-order chi connectivity index (χ0) is 18.9. The Kier molecular flexibility index (Phi) is 4.32. The molecule has 4 rings (SSSR count). The number of hydrogen-bond acceptors (Lipinski definition) is 5. The van der Waals surface area contributed by atoms with Gasteiger partial charge in [-0.1, -0.05) is 24.3 Å². The van der Waals surface area contributed by atoms with Gasteiger partial charge < -0.3 is 18.5 Å². The van der Waals surface area contributed by atoms with Gasteiger partial charge >= 0.3 is 5.97 Å². The second kappa shape index (κ2) is 6.79.